The predicted octanol–water partition coefficient (Wildman–Crippen LogP) is 2.80. The number of hydrogen-bond donors (Lipinski definition) is 1. The molecular weight excluding hydrogens is 336 g/mol. The normalized spacial score (nSPS) is 38.7. The Morgan fingerprint density at radius 2 is 1.56 bits per heavy atom. The molecule has 4 bridgehead atoms. The molecule has 144 valence electrons. The third kappa shape index (κ3) is 2.84. The smallest absolute Gasteiger partial charge is 0.292 e. The number of benzene rings is 1. The Labute approximate surface area is 161 Å². The Bertz CT molecular complexity index is 734. The molecule has 6 rings (SSSR count). The average Bonchev–Trinajstić information content (AvgIpc) is 2.88. The third-order valence-corrected chi connectivity index (χ3v) is 8.05. The molecule has 0 radical (unpaired) electrons. The molecule has 1 saturated heterocycles. The monoisotopic (exact) mass is 367 g/mol. The zero-order valence-electron chi connectivity index (χ0n) is 16.5. The van der Waals surface area contributed by atoms with Gasteiger partial charge < -0.3 is 5.32 Å². The van der Waals surface area contributed by atoms with Crippen molar-refractivity contribution in [2.24, 2.45) is 23.2 Å². The highest BCUT2D eigenvalue weighted by Gasteiger charge is 2.56. The van der Waals surface area contributed by atoms with Gasteiger partial charge in [0.25, 0.3) is 5.91 Å². The van der Waals surface area contributed by atoms with Gasteiger partial charge in [0, 0.05) is 5.41 Å². The molecule has 5 aliphatic rings. The molecule has 4 heteroatoms. The zero-order chi connectivity index (χ0) is 18.8. The van der Waals surface area contributed by atoms with Crippen LogP contribution in [0.1, 0.15) is 57.4 Å². The Hall–Kier alpha value is -1.68. The number of carbonyl (C=O) groups excluding carboxylic acids is 2. The summed E-state index contributed by atoms with van der Waals surface area (Å²) in [4.78, 5) is 27.0. The first kappa shape index (κ1) is 17.4. The van der Waals surface area contributed by atoms with Gasteiger partial charge in [0.05, 0.1) is 18.2 Å². The molecule has 27 heavy (non-hydrogen) atoms. The molecule has 1 aliphatic heterocycles. The summed E-state index contributed by atoms with van der Waals surface area (Å²) in [5, 5.41) is 2.25. The maximum absolute atomic E-state index is 13.0. The highest BCUT2D eigenvalue weighted by molar-refractivity contribution is 6.21. The van der Waals surface area contributed by atoms with Crippen LogP contribution in [0.25, 0.3) is 0 Å². The largest absolute Gasteiger partial charge is 0.333 e. The fourth-order valence-electron chi connectivity index (χ4n) is 7.06. The summed E-state index contributed by atoms with van der Waals surface area (Å²) in [5.41, 5.74) is 2.25. The number of nitrogens with zero attached hydrogens (tertiary/aromatic N) is 1. The molecule has 1 heterocycles. The molecule has 4 nitrogen and oxygen atoms in total. The first-order valence-corrected chi connectivity index (χ1v) is 10.7. The van der Waals surface area contributed by atoms with E-state index in [9.17, 15) is 9.59 Å². The molecule has 2 amide bonds. The zero-order valence-corrected chi connectivity index (χ0v) is 16.5. The van der Waals surface area contributed by atoms with Gasteiger partial charge in [-0.1, -0.05) is 17.7 Å². The second-order valence-electron chi connectivity index (χ2n) is 9.97. The van der Waals surface area contributed by atoms with E-state index in [0.29, 0.717) is 23.6 Å². The van der Waals surface area contributed by atoms with Gasteiger partial charge >= 0.3 is 0 Å². The standard InChI is InChI=1S/C23H30N2O2/c1-14-3-5-19(6-4-14)25-21(26)10-20(22(25)27)24-15(2)23-11-16-7-17(12-23)9-18(8-16)13-23/h3-6,15-18,20,24H,7-13H2,1-2H3/p+1/t15-,16?,17?,18?,20+,23?/m0/s1. The van der Waals surface area contributed by atoms with Crippen molar-refractivity contribution >= 4 is 17.5 Å². The van der Waals surface area contributed by atoms with Crippen LogP contribution in [-0.2, 0) is 9.59 Å². The molecule has 4 aliphatic carbocycles. The maximum atomic E-state index is 13.0. The molecule has 2 N–H and O–H groups in total. The van der Waals surface area contributed by atoms with Crippen molar-refractivity contribution < 1.29 is 14.9 Å². The minimum atomic E-state index is -0.248. The molecular formula is C23H31N2O2+. The van der Waals surface area contributed by atoms with Crippen LogP contribution in [0.3, 0.4) is 0 Å². The van der Waals surface area contributed by atoms with Gasteiger partial charge in [-0.2, -0.15) is 0 Å². The Morgan fingerprint density at radius 1 is 1.00 bits per heavy atom. The maximum Gasteiger partial charge on any atom is 0.292 e. The summed E-state index contributed by atoms with van der Waals surface area (Å²) in [6.45, 7) is 4.33. The fraction of sp³-hybridized carbons (Fsp3) is 0.652. The van der Waals surface area contributed by atoms with Crippen LogP contribution < -0.4 is 10.2 Å². The second-order valence-corrected chi connectivity index (χ2v) is 9.97. The van der Waals surface area contributed by atoms with E-state index in [1.807, 2.05) is 31.2 Å². The highest BCUT2D eigenvalue weighted by atomic mass is 16.2. The van der Waals surface area contributed by atoms with Gasteiger partial charge in [0.15, 0.2) is 6.04 Å². The SMILES string of the molecule is Cc1ccc(N2C(=O)C[C@@H]([NH2+][C@@H](C)C34CC5CC(CC(C5)C3)C4)C2=O)cc1. The van der Waals surface area contributed by atoms with E-state index in [0.717, 1.165) is 23.3 Å². The van der Waals surface area contributed by atoms with Crippen molar-refractivity contribution in [1.29, 1.82) is 0 Å². The van der Waals surface area contributed by atoms with Gasteiger partial charge in [-0.05, 0) is 82.3 Å². The van der Waals surface area contributed by atoms with E-state index in [-0.39, 0.29) is 17.9 Å². The van der Waals surface area contributed by atoms with Gasteiger partial charge in [-0.3, -0.25) is 9.59 Å². The first-order chi connectivity index (χ1) is 12.9. The minimum Gasteiger partial charge on any atom is -0.333 e. The van der Waals surface area contributed by atoms with Crippen LogP contribution in [0.2, 0.25) is 0 Å². The molecule has 5 fully saturated rings. The molecule has 0 unspecified atom stereocenters. The van der Waals surface area contributed by atoms with Crippen LogP contribution in [0.5, 0.6) is 0 Å². The number of amides is 2. The second kappa shape index (κ2) is 6.16. The number of anilines is 1. The third-order valence-electron chi connectivity index (χ3n) is 8.05. The van der Waals surface area contributed by atoms with Gasteiger partial charge in [0.1, 0.15) is 0 Å². The van der Waals surface area contributed by atoms with Gasteiger partial charge in [-0.25, -0.2) is 4.90 Å². The molecule has 2 atom stereocenters. The van der Waals surface area contributed by atoms with Crippen LogP contribution in [-0.4, -0.2) is 23.9 Å². The van der Waals surface area contributed by atoms with Crippen LogP contribution in [0.15, 0.2) is 24.3 Å². The van der Waals surface area contributed by atoms with E-state index in [1.54, 1.807) is 0 Å². The topological polar surface area (TPSA) is 54.0 Å². The molecule has 0 spiro atoms. The lowest BCUT2D eigenvalue weighted by atomic mass is 9.48. The van der Waals surface area contributed by atoms with Gasteiger partial charge in [-0.15, -0.1) is 0 Å². The molecule has 0 aromatic heterocycles. The number of quaternary nitrogens is 1. The quantitative estimate of drug-likeness (QED) is 0.832. The lowest BCUT2D eigenvalue weighted by molar-refractivity contribution is -0.720. The number of imide groups is 1. The number of aryl methyl sites for hydroxylation is 1. The molecule has 1 aromatic rings. The molecule has 1 aromatic carbocycles. The lowest BCUT2D eigenvalue weighted by Gasteiger charge is -2.58. The van der Waals surface area contributed by atoms with Crippen molar-refractivity contribution in [3.8, 4) is 0 Å². The van der Waals surface area contributed by atoms with E-state index < -0.39 is 0 Å². The highest BCUT2D eigenvalue weighted by Crippen LogP contribution is 2.60. The lowest BCUT2D eigenvalue weighted by Crippen LogP contribution is -2.98. The van der Waals surface area contributed by atoms with Crippen LogP contribution in [0, 0.1) is 30.1 Å². The molecule has 4 saturated carbocycles. The van der Waals surface area contributed by atoms with E-state index >= 15 is 0 Å². The number of carbonyl (C=O) groups is 2. The summed E-state index contributed by atoms with van der Waals surface area (Å²) in [5.74, 6) is 2.66. The summed E-state index contributed by atoms with van der Waals surface area (Å²) < 4.78 is 0. The van der Waals surface area contributed by atoms with Crippen LogP contribution >= 0.6 is 0 Å². The van der Waals surface area contributed by atoms with E-state index in [1.165, 1.54) is 43.4 Å². The number of nitrogens with two attached hydrogens (primary N) is 1. The Kier molecular flexibility index (Phi) is 3.98. The summed E-state index contributed by atoms with van der Waals surface area (Å²) in [6, 6.07) is 7.87. The summed E-state index contributed by atoms with van der Waals surface area (Å²) >= 11 is 0. The Balaban J connectivity index is 1.32. The van der Waals surface area contributed by atoms with Crippen molar-refractivity contribution in [3.63, 3.8) is 0 Å². The van der Waals surface area contributed by atoms with E-state index in [2.05, 4.69) is 12.2 Å². The number of rotatable bonds is 4. The summed E-state index contributed by atoms with van der Waals surface area (Å²) in [6.07, 6.45) is 8.67. The summed E-state index contributed by atoms with van der Waals surface area (Å²) in [7, 11) is 0. The van der Waals surface area contributed by atoms with Gasteiger partial charge in [0.2, 0.25) is 5.91 Å². The van der Waals surface area contributed by atoms with Crippen molar-refractivity contribution in [2.45, 2.75) is 70.9 Å². The van der Waals surface area contributed by atoms with Crippen molar-refractivity contribution in [3.05, 3.63) is 29.8 Å². The minimum absolute atomic E-state index is 0.0274. The van der Waals surface area contributed by atoms with Crippen molar-refractivity contribution in [2.75, 3.05) is 4.90 Å². The average molecular weight is 368 g/mol. The Morgan fingerprint density at radius 3 is 2.11 bits per heavy atom. The van der Waals surface area contributed by atoms with E-state index in [4.69, 9.17) is 0 Å². The number of hydrogen-bond acceptors (Lipinski definition) is 2. The fourth-order valence-corrected chi connectivity index (χ4v) is 7.06. The predicted molar refractivity (Wildman–Crippen MR) is 104 cm³/mol. The first-order valence-electron chi connectivity index (χ1n) is 10.7. The van der Waals surface area contributed by atoms with Crippen molar-refractivity contribution in [1.82, 2.24) is 0 Å². The van der Waals surface area contributed by atoms with Crippen LogP contribution in [0.4, 0.5) is 5.69 Å².